The summed E-state index contributed by atoms with van der Waals surface area (Å²) in [5, 5.41) is 2.38. The molecule has 4 aromatic rings. The summed E-state index contributed by atoms with van der Waals surface area (Å²) in [4.78, 5) is 27.0. The van der Waals surface area contributed by atoms with Gasteiger partial charge in [-0.05, 0) is 37.6 Å². The first-order valence-corrected chi connectivity index (χ1v) is 9.67. The lowest BCUT2D eigenvalue weighted by Gasteiger charge is -2.28. The molecule has 3 heterocycles. The van der Waals surface area contributed by atoms with Crippen molar-refractivity contribution in [2.75, 3.05) is 6.54 Å². The molecule has 0 unspecified atom stereocenters. The second kappa shape index (κ2) is 6.53. The van der Waals surface area contributed by atoms with E-state index in [1.165, 1.54) is 21.9 Å². The van der Waals surface area contributed by atoms with Crippen LogP contribution in [0.2, 0.25) is 0 Å². The number of hydrogen-bond acceptors (Lipinski definition) is 4. The van der Waals surface area contributed by atoms with Gasteiger partial charge < -0.3 is 4.98 Å². The SMILES string of the molecule is Cc1ccc2nc3ccccc3c(CN3CCc4nc(C)[nH]c(=O)c4C3)c2c1. The number of nitrogens with zero attached hydrogens (tertiary/aromatic N) is 3. The van der Waals surface area contributed by atoms with Crippen LogP contribution in [0.4, 0.5) is 0 Å². The number of pyridine rings is 1. The molecule has 5 nitrogen and oxygen atoms in total. The largest absolute Gasteiger partial charge is 0.310 e. The monoisotopic (exact) mass is 370 g/mol. The minimum absolute atomic E-state index is 0.00695. The van der Waals surface area contributed by atoms with Crippen LogP contribution in [0.25, 0.3) is 21.8 Å². The molecule has 0 spiro atoms. The Labute approximate surface area is 163 Å². The number of nitrogens with one attached hydrogen (secondary N) is 1. The molecule has 0 amide bonds. The maximum atomic E-state index is 12.4. The summed E-state index contributed by atoms with van der Waals surface area (Å²) in [6, 6.07) is 14.7. The fourth-order valence-electron chi connectivity index (χ4n) is 4.22. The summed E-state index contributed by atoms with van der Waals surface area (Å²) in [7, 11) is 0. The maximum Gasteiger partial charge on any atom is 0.255 e. The molecule has 0 atom stereocenters. The van der Waals surface area contributed by atoms with Crippen molar-refractivity contribution >= 4 is 21.8 Å². The zero-order valence-electron chi connectivity index (χ0n) is 16.1. The van der Waals surface area contributed by atoms with Crippen LogP contribution < -0.4 is 5.56 Å². The van der Waals surface area contributed by atoms with E-state index in [0.29, 0.717) is 12.4 Å². The Balaban J connectivity index is 1.61. The third-order valence-corrected chi connectivity index (χ3v) is 5.60. The van der Waals surface area contributed by atoms with Crippen LogP contribution in [-0.2, 0) is 19.5 Å². The van der Waals surface area contributed by atoms with E-state index in [2.05, 4.69) is 58.2 Å². The summed E-state index contributed by atoms with van der Waals surface area (Å²) in [5.41, 5.74) is 6.28. The highest BCUT2D eigenvalue weighted by molar-refractivity contribution is 5.97. The third kappa shape index (κ3) is 2.88. The smallest absolute Gasteiger partial charge is 0.255 e. The predicted molar refractivity (Wildman–Crippen MR) is 111 cm³/mol. The molecule has 0 saturated heterocycles. The Kier molecular flexibility index (Phi) is 3.98. The van der Waals surface area contributed by atoms with E-state index in [1.807, 2.05) is 13.0 Å². The van der Waals surface area contributed by atoms with Crippen LogP contribution in [0, 0.1) is 13.8 Å². The molecule has 0 radical (unpaired) electrons. The second-order valence-electron chi connectivity index (χ2n) is 7.67. The fourth-order valence-corrected chi connectivity index (χ4v) is 4.22. The molecule has 5 rings (SSSR count). The molecule has 0 bridgehead atoms. The first kappa shape index (κ1) is 17.1. The van der Waals surface area contributed by atoms with Gasteiger partial charge in [-0.1, -0.05) is 29.8 Å². The Morgan fingerprint density at radius 1 is 1.04 bits per heavy atom. The molecular formula is C23H22N4O. The normalized spacial score (nSPS) is 14.5. The topological polar surface area (TPSA) is 61.9 Å². The molecular weight excluding hydrogens is 348 g/mol. The van der Waals surface area contributed by atoms with Crippen LogP contribution in [0.3, 0.4) is 0 Å². The van der Waals surface area contributed by atoms with Gasteiger partial charge in [0.15, 0.2) is 0 Å². The Morgan fingerprint density at radius 3 is 2.75 bits per heavy atom. The van der Waals surface area contributed by atoms with Crippen LogP contribution in [0.15, 0.2) is 47.3 Å². The van der Waals surface area contributed by atoms with Crippen molar-refractivity contribution in [3.63, 3.8) is 0 Å². The summed E-state index contributed by atoms with van der Waals surface area (Å²) in [6.45, 7) is 6.26. The average Bonchev–Trinajstić information content (AvgIpc) is 2.68. The summed E-state index contributed by atoms with van der Waals surface area (Å²) >= 11 is 0. The average molecular weight is 370 g/mol. The van der Waals surface area contributed by atoms with E-state index < -0.39 is 0 Å². The first-order valence-electron chi connectivity index (χ1n) is 9.67. The van der Waals surface area contributed by atoms with Gasteiger partial charge in [0, 0.05) is 36.8 Å². The maximum absolute atomic E-state index is 12.4. The van der Waals surface area contributed by atoms with Gasteiger partial charge in [0.2, 0.25) is 0 Å². The highest BCUT2D eigenvalue weighted by Gasteiger charge is 2.22. The molecule has 2 aromatic heterocycles. The molecule has 2 aromatic carbocycles. The van der Waals surface area contributed by atoms with Crippen molar-refractivity contribution in [3.8, 4) is 0 Å². The minimum atomic E-state index is -0.00695. The first-order chi connectivity index (χ1) is 13.6. The van der Waals surface area contributed by atoms with E-state index in [0.717, 1.165) is 41.8 Å². The number of benzene rings is 2. The highest BCUT2D eigenvalue weighted by atomic mass is 16.1. The lowest BCUT2D eigenvalue weighted by molar-refractivity contribution is 0.243. The van der Waals surface area contributed by atoms with E-state index in [-0.39, 0.29) is 5.56 Å². The second-order valence-corrected chi connectivity index (χ2v) is 7.67. The number of rotatable bonds is 2. The van der Waals surface area contributed by atoms with Crippen molar-refractivity contribution in [1.29, 1.82) is 0 Å². The van der Waals surface area contributed by atoms with Gasteiger partial charge in [-0.25, -0.2) is 9.97 Å². The predicted octanol–water partition coefficient (Wildman–Crippen LogP) is 3.65. The van der Waals surface area contributed by atoms with Gasteiger partial charge in [0.05, 0.1) is 22.3 Å². The molecule has 0 saturated carbocycles. The molecule has 140 valence electrons. The minimum Gasteiger partial charge on any atom is -0.310 e. The van der Waals surface area contributed by atoms with Crippen molar-refractivity contribution < 1.29 is 0 Å². The van der Waals surface area contributed by atoms with Crippen LogP contribution in [0.1, 0.15) is 28.2 Å². The van der Waals surface area contributed by atoms with Gasteiger partial charge in [-0.15, -0.1) is 0 Å². The number of para-hydroxylation sites is 1. The van der Waals surface area contributed by atoms with Gasteiger partial charge in [0.1, 0.15) is 5.82 Å². The van der Waals surface area contributed by atoms with Crippen molar-refractivity contribution in [2.45, 2.75) is 33.4 Å². The van der Waals surface area contributed by atoms with Crippen molar-refractivity contribution in [3.05, 3.63) is 81.0 Å². The molecule has 0 aliphatic carbocycles. The Bertz CT molecular complexity index is 1280. The van der Waals surface area contributed by atoms with E-state index in [9.17, 15) is 4.79 Å². The molecule has 28 heavy (non-hydrogen) atoms. The van der Waals surface area contributed by atoms with E-state index in [1.54, 1.807) is 0 Å². The standard InChI is InChI=1S/C23H22N4O/c1-14-7-8-21-17(11-14)18(16-5-3-4-6-20(16)26-21)12-27-10-9-22-19(13-27)23(28)25-15(2)24-22/h3-8,11H,9-10,12-13H2,1-2H3,(H,24,25,28). The van der Waals surface area contributed by atoms with Crippen LogP contribution in [0.5, 0.6) is 0 Å². The lowest BCUT2D eigenvalue weighted by Crippen LogP contribution is -2.35. The quantitative estimate of drug-likeness (QED) is 0.547. The third-order valence-electron chi connectivity index (χ3n) is 5.60. The van der Waals surface area contributed by atoms with Crippen molar-refractivity contribution in [1.82, 2.24) is 19.9 Å². The zero-order chi connectivity index (χ0) is 19.3. The number of aromatic amines is 1. The number of hydrogen-bond donors (Lipinski definition) is 1. The van der Waals surface area contributed by atoms with Gasteiger partial charge in [-0.2, -0.15) is 0 Å². The van der Waals surface area contributed by atoms with Crippen molar-refractivity contribution in [2.24, 2.45) is 0 Å². The molecule has 1 aliphatic heterocycles. The summed E-state index contributed by atoms with van der Waals surface area (Å²) in [6.07, 6.45) is 0.806. The fraction of sp³-hybridized carbons (Fsp3) is 0.261. The van der Waals surface area contributed by atoms with E-state index >= 15 is 0 Å². The zero-order valence-corrected chi connectivity index (χ0v) is 16.1. The molecule has 1 N–H and O–H groups in total. The summed E-state index contributed by atoms with van der Waals surface area (Å²) < 4.78 is 0. The van der Waals surface area contributed by atoms with Crippen LogP contribution >= 0.6 is 0 Å². The number of aryl methyl sites for hydroxylation is 2. The highest BCUT2D eigenvalue weighted by Crippen LogP contribution is 2.29. The van der Waals surface area contributed by atoms with E-state index in [4.69, 9.17) is 4.98 Å². The van der Waals surface area contributed by atoms with Gasteiger partial charge in [0.25, 0.3) is 5.56 Å². The molecule has 0 fully saturated rings. The molecule has 5 heteroatoms. The van der Waals surface area contributed by atoms with Gasteiger partial charge >= 0.3 is 0 Å². The summed E-state index contributed by atoms with van der Waals surface area (Å²) in [5.74, 6) is 0.693. The Hall–Kier alpha value is -3.05. The lowest BCUT2D eigenvalue weighted by atomic mass is 9.99. The van der Waals surface area contributed by atoms with Crippen LogP contribution in [-0.4, -0.2) is 26.4 Å². The number of fused-ring (bicyclic) bond motifs is 3. The Morgan fingerprint density at radius 2 is 1.86 bits per heavy atom. The molecule has 1 aliphatic rings. The number of H-pyrrole nitrogens is 1. The number of aromatic nitrogens is 3. The van der Waals surface area contributed by atoms with Gasteiger partial charge in [-0.3, -0.25) is 9.69 Å².